The van der Waals surface area contributed by atoms with Crippen molar-refractivity contribution in [3.8, 4) is 0 Å². The summed E-state index contributed by atoms with van der Waals surface area (Å²) >= 11 is 1.37. The van der Waals surface area contributed by atoms with E-state index in [0.717, 1.165) is 12.8 Å². The first kappa shape index (κ1) is 15.8. The first-order valence-electron chi connectivity index (χ1n) is 8.08. The molecule has 1 unspecified atom stereocenters. The molecule has 0 spiro atoms. The minimum Gasteiger partial charge on any atom is -0.314 e. The predicted molar refractivity (Wildman–Crippen MR) is 96.8 cm³/mol. The number of amides is 2. The highest BCUT2D eigenvalue weighted by atomic mass is 32.1. The summed E-state index contributed by atoms with van der Waals surface area (Å²) < 4.78 is 1.56. The van der Waals surface area contributed by atoms with Crippen LogP contribution in [0.4, 0.5) is 9.93 Å². The third-order valence-corrected chi connectivity index (χ3v) is 5.16. The van der Waals surface area contributed by atoms with E-state index in [9.17, 15) is 9.59 Å². The van der Waals surface area contributed by atoms with Gasteiger partial charge in [-0.1, -0.05) is 12.1 Å². The maximum absolute atomic E-state index is 12.6. The first-order chi connectivity index (χ1) is 12.1. The highest BCUT2D eigenvalue weighted by Crippen LogP contribution is 2.31. The van der Waals surface area contributed by atoms with Gasteiger partial charge in [0.05, 0.1) is 16.9 Å². The molecule has 0 bridgehead atoms. The summed E-state index contributed by atoms with van der Waals surface area (Å²) in [5, 5.41) is 5.78. The van der Waals surface area contributed by atoms with Gasteiger partial charge >= 0.3 is 6.03 Å². The summed E-state index contributed by atoms with van der Waals surface area (Å²) in [6, 6.07) is 6.86. The molecule has 7 nitrogen and oxygen atoms in total. The lowest BCUT2D eigenvalue weighted by molar-refractivity contribution is 0.204. The van der Waals surface area contributed by atoms with Crippen molar-refractivity contribution in [2.75, 3.05) is 11.9 Å². The predicted octanol–water partition coefficient (Wildman–Crippen LogP) is 2.76. The Balaban J connectivity index is 1.70. The monoisotopic (exact) mass is 355 g/mol. The summed E-state index contributed by atoms with van der Waals surface area (Å²) in [6.45, 7) is 0.630. The number of fused-ring (bicyclic) bond motifs is 1. The van der Waals surface area contributed by atoms with E-state index >= 15 is 0 Å². The smallest absolute Gasteiger partial charge is 0.314 e. The number of benzene rings is 1. The second-order valence-corrected chi connectivity index (χ2v) is 6.86. The summed E-state index contributed by atoms with van der Waals surface area (Å²) in [7, 11) is 1.71. The van der Waals surface area contributed by atoms with Crippen LogP contribution >= 0.6 is 11.3 Å². The molecule has 2 aromatic heterocycles. The number of likely N-dealkylation sites (tertiary alicyclic amines) is 1. The maximum Gasteiger partial charge on any atom is 0.324 e. The second kappa shape index (κ2) is 6.29. The number of carbonyl (C=O) groups is 1. The number of nitrogens with zero attached hydrogens (tertiary/aromatic N) is 4. The number of para-hydroxylation sites is 1. The first-order valence-corrected chi connectivity index (χ1v) is 8.96. The Morgan fingerprint density at radius 1 is 1.36 bits per heavy atom. The molecular formula is C17H17N5O2S. The fourth-order valence-electron chi connectivity index (χ4n) is 3.26. The van der Waals surface area contributed by atoms with Gasteiger partial charge in [-0.25, -0.2) is 14.8 Å². The van der Waals surface area contributed by atoms with Gasteiger partial charge in [0.2, 0.25) is 0 Å². The lowest BCUT2D eigenvalue weighted by Crippen LogP contribution is -2.37. The number of nitrogens with one attached hydrogen (secondary N) is 1. The summed E-state index contributed by atoms with van der Waals surface area (Å²) in [5.74, 6) is 0.621. The largest absolute Gasteiger partial charge is 0.324 e. The molecule has 25 heavy (non-hydrogen) atoms. The van der Waals surface area contributed by atoms with Crippen molar-refractivity contribution < 1.29 is 4.79 Å². The van der Waals surface area contributed by atoms with Crippen LogP contribution in [-0.4, -0.2) is 32.0 Å². The molecule has 0 aliphatic carbocycles. The summed E-state index contributed by atoms with van der Waals surface area (Å²) in [5.41, 5.74) is 0.570. The van der Waals surface area contributed by atoms with Crippen molar-refractivity contribution in [1.82, 2.24) is 19.4 Å². The molecule has 0 saturated carbocycles. The fourth-order valence-corrected chi connectivity index (χ4v) is 3.78. The number of hydrogen-bond donors (Lipinski definition) is 1. The van der Waals surface area contributed by atoms with Crippen molar-refractivity contribution in [1.29, 1.82) is 0 Å². The van der Waals surface area contributed by atoms with Crippen LogP contribution in [0.2, 0.25) is 0 Å². The van der Waals surface area contributed by atoms with Crippen LogP contribution in [0.3, 0.4) is 0 Å². The van der Waals surface area contributed by atoms with Gasteiger partial charge < -0.3 is 4.90 Å². The van der Waals surface area contributed by atoms with Gasteiger partial charge in [-0.05, 0) is 25.0 Å². The number of rotatable bonds is 2. The second-order valence-electron chi connectivity index (χ2n) is 5.97. The van der Waals surface area contributed by atoms with Crippen LogP contribution < -0.4 is 10.9 Å². The Morgan fingerprint density at radius 2 is 2.20 bits per heavy atom. The van der Waals surface area contributed by atoms with Crippen molar-refractivity contribution in [3.05, 3.63) is 52.0 Å². The Kier molecular flexibility index (Phi) is 3.96. The quantitative estimate of drug-likeness (QED) is 0.766. The number of carbonyl (C=O) groups excluding carboxylic acids is 1. The Labute approximate surface area is 147 Å². The average Bonchev–Trinajstić information content (AvgIpc) is 3.29. The zero-order valence-corrected chi connectivity index (χ0v) is 14.5. The molecule has 2 amide bonds. The van der Waals surface area contributed by atoms with E-state index in [1.54, 1.807) is 28.8 Å². The third-order valence-electron chi connectivity index (χ3n) is 4.48. The fraction of sp³-hybridized carbons (Fsp3) is 0.294. The molecule has 1 saturated heterocycles. The van der Waals surface area contributed by atoms with Crippen molar-refractivity contribution in [3.63, 3.8) is 0 Å². The van der Waals surface area contributed by atoms with E-state index < -0.39 is 0 Å². The molecule has 3 aromatic rings. The molecule has 3 heterocycles. The highest BCUT2D eigenvalue weighted by molar-refractivity contribution is 7.13. The number of hydrogen-bond acceptors (Lipinski definition) is 5. The van der Waals surface area contributed by atoms with E-state index in [1.165, 1.54) is 11.3 Å². The van der Waals surface area contributed by atoms with Gasteiger partial charge in [-0.3, -0.25) is 14.7 Å². The Morgan fingerprint density at radius 3 is 3.00 bits per heavy atom. The zero-order valence-electron chi connectivity index (χ0n) is 13.7. The zero-order chi connectivity index (χ0) is 17.4. The number of thiazole rings is 1. The lowest BCUT2D eigenvalue weighted by Gasteiger charge is -2.25. The molecule has 128 valence electrons. The number of aromatic nitrogens is 3. The molecule has 1 aliphatic rings. The Bertz CT molecular complexity index is 982. The molecule has 0 radical (unpaired) electrons. The molecular weight excluding hydrogens is 338 g/mol. The van der Waals surface area contributed by atoms with E-state index in [0.29, 0.717) is 28.4 Å². The van der Waals surface area contributed by atoms with Crippen molar-refractivity contribution in [2.24, 2.45) is 7.05 Å². The van der Waals surface area contributed by atoms with E-state index in [2.05, 4.69) is 15.3 Å². The third kappa shape index (κ3) is 2.78. The molecule has 1 aromatic carbocycles. The minimum absolute atomic E-state index is 0.0900. The lowest BCUT2D eigenvalue weighted by atomic mass is 10.1. The topological polar surface area (TPSA) is 80.1 Å². The van der Waals surface area contributed by atoms with Gasteiger partial charge in [-0.15, -0.1) is 11.3 Å². The Hall–Kier alpha value is -2.74. The number of urea groups is 1. The molecule has 1 fully saturated rings. The van der Waals surface area contributed by atoms with E-state index in [4.69, 9.17) is 0 Å². The highest BCUT2D eigenvalue weighted by Gasteiger charge is 2.33. The van der Waals surface area contributed by atoms with Crippen molar-refractivity contribution >= 4 is 33.4 Å². The normalized spacial score (nSPS) is 17.2. The van der Waals surface area contributed by atoms with Crippen LogP contribution in [-0.2, 0) is 7.05 Å². The molecule has 1 N–H and O–H groups in total. The number of anilines is 1. The van der Waals surface area contributed by atoms with Gasteiger partial charge in [0.25, 0.3) is 5.56 Å². The van der Waals surface area contributed by atoms with Crippen LogP contribution in [0.15, 0.2) is 40.6 Å². The molecule has 8 heteroatoms. The van der Waals surface area contributed by atoms with Crippen LogP contribution in [0.25, 0.3) is 10.9 Å². The van der Waals surface area contributed by atoms with E-state index in [-0.39, 0.29) is 17.6 Å². The molecule has 1 aliphatic heterocycles. The molecule has 1 atom stereocenters. The van der Waals surface area contributed by atoms with Crippen LogP contribution in [0.1, 0.15) is 24.7 Å². The standard InChI is InChI=1S/C17H17N5O2S/c1-21-14(19-12-6-3-2-5-11(12)15(21)23)13-7-4-9-22(13)17(24)20-16-18-8-10-25-16/h2-3,5-6,8,10,13H,4,7,9H2,1H3,(H,18,20,24). The van der Waals surface area contributed by atoms with Gasteiger partial charge in [0.1, 0.15) is 5.82 Å². The van der Waals surface area contributed by atoms with Crippen LogP contribution in [0, 0.1) is 0 Å². The summed E-state index contributed by atoms with van der Waals surface area (Å²) in [6.07, 6.45) is 3.30. The average molecular weight is 355 g/mol. The summed E-state index contributed by atoms with van der Waals surface area (Å²) in [4.78, 5) is 35.8. The van der Waals surface area contributed by atoms with Gasteiger partial charge in [0, 0.05) is 25.2 Å². The van der Waals surface area contributed by atoms with Crippen molar-refractivity contribution in [2.45, 2.75) is 18.9 Å². The van der Waals surface area contributed by atoms with Gasteiger partial charge in [-0.2, -0.15) is 0 Å². The van der Waals surface area contributed by atoms with Gasteiger partial charge in [0.15, 0.2) is 5.13 Å². The SMILES string of the molecule is Cn1c(C2CCCN2C(=O)Nc2nccs2)nc2ccccc2c1=O. The molecule has 4 rings (SSSR count). The maximum atomic E-state index is 12.6. The van der Waals surface area contributed by atoms with Crippen LogP contribution in [0.5, 0.6) is 0 Å². The minimum atomic E-state index is -0.220. The van der Waals surface area contributed by atoms with E-state index in [1.807, 2.05) is 23.6 Å².